The van der Waals surface area contributed by atoms with Gasteiger partial charge in [0.05, 0.1) is 37.0 Å². The summed E-state index contributed by atoms with van der Waals surface area (Å²) in [6.45, 7) is 8.57. The minimum absolute atomic E-state index is 0.00201. The van der Waals surface area contributed by atoms with E-state index in [2.05, 4.69) is 30.8 Å². The second kappa shape index (κ2) is 14.0. The SMILES string of the molecule is CC(C)(C)c1cn(C[C@H]2CCCO2)c(=NC(=O)c2cc(C(F)(F)F)ccc2OCCCN=COC2CCCCO2)s1. The lowest BCUT2D eigenvalue weighted by molar-refractivity contribution is -0.137. The minimum Gasteiger partial charge on any atom is -0.493 e. The summed E-state index contributed by atoms with van der Waals surface area (Å²) < 4.78 is 64.9. The van der Waals surface area contributed by atoms with Gasteiger partial charge in [-0.3, -0.25) is 9.79 Å². The maximum Gasteiger partial charge on any atom is 0.416 e. The van der Waals surface area contributed by atoms with E-state index in [1.54, 1.807) is 0 Å². The Kier molecular flexibility index (Phi) is 10.6. The molecular formula is C29H38F3N3O5S. The maximum absolute atomic E-state index is 13.5. The fourth-order valence-corrected chi connectivity index (χ4v) is 5.47. The summed E-state index contributed by atoms with van der Waals surface area (Å²) in [6.07, 6.45) is 3.65. The molecule has 226 valence electrons. The van der Waals surface area contributed by atoms with Crippen LogP contribution in [0.1, 0.15) is 80.1 Å². The summed E-state index contributed by atoms with van der Waals surface area (Å²) in [5.74, 6) is -0.755. The molecule has 2 atom stereocenters. The predicted molar refractivity (Wildman–Crippen MR) is 149 cm³/mol. The Hall–Kier alpha value is -2.70. The number of benzene rings is 1. The topological polar surface area (TPSA) is 83.6 Å². The summed E-state index contributed by atoms with van der Waals surface area (Å²) in [4.78, 5) is 23.3. The summed E-state index contributed by atoms with van der Waals surface area (Å²) in [7, 11) is 0. The molecule has 4 rings (SSSR count). The molecule has 0 N–H and O–H groups in total. The van der Waals surface area contributed by atoms with Gasteiger partial charge in [-0.15, -0.1) is 11.3 Å². The van der Waals surface area contributed by atoms with Gasteiger partial charge in [0.1, 0.15) is 5.75 Å². The van der Waals surface area contributed by atoms with E-state index in [0.717, 1.165) is 49.1 Å². The Balaban J connectivity index is 1.49. The fourth-order valence-electron chi connectivity index (χ4n) is 4.42. The van der Waals surface area contributed by atoms with Crippen LogP contribution in [-0.4, -0.2) is 55.6 Å². The van der Waals surface area contributed by atoms with Crippen molar-refractivity contribution in [3.05, 3.63) is 45.2 Å². The van der Waals surface area contributed by atoms with Crippen LogP contribution in [0.25, 0.3) is 0 Å². The number of alkyl halides is 3. The van der Waals surface area contributed by atoms with Crippen molar-refractivity contribution in [2.75, 3.05) is 26.4 Å². The van der Waals surface area contributed by atoms with E-state index in [4.69, 9.17) is 18.9 Å². The van der Waals surface area contributed by atoms with Crippen molar-refractivity contribution < 1.29 is 36.9 Å². The average Bonchev–Trinajstić information content (AvgIpc) is 3.58. The highest BCUT2D eigenvalue weighted by atomic mass is 32.1. The van der Waals surface area contributed by atoms with Crippen molar-refractivity contribution >= 4 is 23.6 Å². The van der Waals surface area contributed by atoms with Gasteiger partial charge in [0.2, 0.25) is 6.29 Å². The first-order valence-electron chi connectivity index (χ1n) is 14.0. The van der Waals surface area contributed by atoms with E-state index in [1.165, 1.54) is 23.8 Å². The third kappa shape index (κ3) is 9.14. The molecule has 1 aromatic heterocycles. The summed E-state index contributed by atoms with van der Waals surface area (Å²) in [5.41, 5.74) is -1.37. The van der Waals surface area contributed by atoms with Gasteiger partial charge in [0.15, 0.2) is 11.2 Å². The first-order valence-corrected chi connectivity index (χ1v) is 14.8. The monoisotopic (exact) mass is 597 g/mol. The second-order valence-electron chi connectivity index (χ2n) is 11.2. The summed E-state index contributed by atoms with van der Waals surface area (Å²) >= 11 is 1.35. The molecular weight excluding hydrogens is 559 g/mol. The van der Waals surface area contributed by atoms with Crippen LogP contribution in [-0.2, 0) is 32.3 Å². The Morgan fingerprint density at radius 1 is 1.15 bits per heavy atom. The molecule has 0 spiro atoms. The number of aliphatic imine (C=N–C) groups is 1. The molecule has 0 saturated carbocycles. The van der Waals surface area contributed by atoms with Crippen LogP contribution in [0.2, 0.25) is 0 Å². The van der Waals surface area contributed by atoms with Gasteiger partial charge in [-0.25, -0.2) is 0 Å². The molecule has 12 heteroatoms. The van der Waals surface area contributed by atoms with Crippen molar-refractivity contribution in [1.29, 1.82) is 0 Å². The van der Waals surface area contributed by atoms with Crippen molar-refractivity contribution in [2.24, 2.45) is 9.98 Å². The van der Waals surface area contributed by atoms with Crippen molar-refractivity contribution in [3.8, 4) is 5.75 Å². The normalized spacial score (nSPS) is 20.6. The average molecular weight is 598 g/mol. The number of aromatic nitrogens is 1. The standard InChI is InChI=1S/C29H38F3N3O5S/c1-28(2,3)24-18-35(17-21-8-6-14-37-21)27(41-24)34-26(36)22-16-20(29(30,31)32)10-11-23(22)38-15-7-12-33-19-40-25-9-4-5-13-39-25/h10-11,16,18-19,21,25H,4-9,12-15,17H2,1-3H3/t21-,25?/m1/s1. The molecule has 8 nitrogen and oxygen atoms in total. The van der Waals surface area contributed by atoms with Gasteiger partial charge in [0.25, 0.3) is 5.91 Å². The highest BCUT2D eigenvalue weighted by molar-refractivity contribution is 7.09. The first-order chi connectivity index (χ1) is 19.5. The number of thiazole rings is 1. The predicted octanol–water partition coefficient (Wildman–Crippen LogP) is 6.13. The molecule has 0 radical (unpaired) electrons. The van der Waals surface area contributed by atoms with Gasteiger partial charge < -0.3 is 23.5 Å². The number of ether oxygens (including phenoxy) is 4. The zero-order chi connectivity index (χ0) is 29.5. The number of nitrogens with zero attached hydrogens (tertiary/aromatic N) is 3. The van der Waals surface area contributed by atoms with Crippen LogP contribution in [0.3, 0.4) is 0 Å². The molecule has 2 saturated heterocycles. The molecule has 2 aromatic rings. The molecule has 0 aliphatic carbocycles. The minimum atomic E-state index is -4.62. The molecule has 1 amide bonds. The van der Waals surface area contributed by atoms with Crippen LogP contribution >= 0.6 is 11.3 Å². The van der Waals surface area contributed by atoms with Crippen LogP contribution in [0.5, 0.6) is 5.75 Å². The van der Waals surface area contributed by atoms with E-state index in [0.29, 0.717) is 37.5 Å². The smallest absolute Gasteiger partial charge is 0.416 e. The Morgan fingerprint density at radius 2 is 1.95 bits per heavy atom. The van der Waals surface area contributed by atoms with Gasteiger partial charge in [-0.05, 0) is 49.3 Å². The lowest BCUT2D eigenvalue weighted by atomic mass is 9.95. The lowest BCUT2D eigenvalue weighted by Crippen LogP contribution is -2.23. The zero-order valence-corrected chi connectivity index (χ0v) is 24.6. The molecule has 41 heavy (non-hydrogen) atoms. The molecule has 1 aromatic carbocycles. The van der Waals surface area contributed by atoms with Crippen molar-refractivity contribution in [3.63, 3.8) is 0 Å². The Bertz CT molecular complexity index is 1250. The maximum atomic E-state index is 13.5. The number of hydrogen-bond donors (Lipinski definition) is 0. The number of rotatable bonds is 10. The zero-order valence-electron chi connectivity index (χ0n) is 23.7. The fraction of sp³-hybridized carbons (Fsp3) is 0.621. The molecule has 2 fully saturated rings. The quantitative estimate of drug-likeness (QED) is 0.187. The van der Waals surface area contributed by atoms with Gasteiger partial charge >= 0.3 is 6.18 Å². The van der Waals surface area contributed by atoms with E-state index in [9.17, 15) is 18.0 Å². The number of carbonyl (C=O) groups excluding carboxylic acids is 1. The van der Waals surface area contributed by atoms with Gasteiger partial charge in [-0.2, -0.15) is 18.2 Å². The first kappa shape index (κ1) is 31.2. The molecule has 0 bridgehead atoms. The van der Waals surface area contributed by atoms with Crippen LogP contribution in [0.15, 0.2) is 34.4 Å². The highest BCUT2D eigenvalue weighted by Crippen LogP contribution is 2.33. The van der Waals surface area contributed by atoms with Crippen molar-refractivity contribution in [1.82, 2.24) is 4.57 Å². The van der Waals surface area contributed by atoms with Crippen LogP contribution in [0, 0.1) is 0 Å². The number of halogens is 3. The summed E-state index contributed by atoms with van der Waals surface area (Å²) in [5, 5.41) is 0. The number of hydrogen-bond acceptors (Lipinski definition) is 7. The lowest BCUT2D eigenvalue weighted by Gasteiger charge is -2.20. The Morgan fingerprint density at radius 3 is 2.63 bits per heavy atom. The molecule has 2 aliphatic rings. The molecule has 2 aliphatic heterocycles. The largest absolute Gasteiger partial charge is 0.493 e. The number of carbonyl (C=O) groups is 1. The highest BCUT2D eigenvalue weighted by Gasteiger charge is 2.32. The second-order valence-corrected chi connectivity index (χ2v) is 12.2. The third-order valence-corrected chi connectivity index (χ3v) is 8.18. The Labute approximate surface area is 242 Å². The van der Waals surface area contributed by atoms with Gasteiger partial charge in [-0.1, -0.05) is 20.8 Å². The molecule has 1 unspecified atom stereocenters. The van der Waals surface area contributed by atoms with Crippen molar-refractivity contribution in [2.45, 2.75) is 89.8 Å². The van der Waals surface area contributed by atoms with Gasteiger partial charge in [0, 0.05) is 37.1 Å². The third-order valence-electron chi connectivity index (χ3n) is 6.73. The van der Waals surface area contributed by atoms with E-state index in [1.807, 2.05) is 10.8 Å². The van der Waals surface area contributed by atoms with E-state index in [-0.39, 0.29) is 35.7 Å². The van der Waals surface area contributed by atoms with E-state index < -0.39 is 17.6 Å². The molecule has 3 heterocycles. The summed E-state index contributed by atoms with van der Waals surface area (Å²) in [6, 6.07) is 2.89. The van der Waals surface area contributed by atoms with Crippen LogP contribution < -0.4 is 9.54 Å². The number of amides is 1. The van der Waals surface area contributed by atoms with E-state index >= 15 is 0 Å². The van der Waals surface area contributed by atoms with Crippen LogP contribution in [0.4, 0.5) is 13.2 Å².